The van der Waals surface area contributed by atoms with Gasteiger partial charge in [-0.1, -0.05) is 12.1 Å². The summed E-state index contributed by atoms with van der Waals surface area (Å²) in [6, 6.07) is 24.2. The van der Waals surface area contributed by atoms with Crippen LogP contribution in [0.3, 0.4) is 0 Å². The van der Waals surface area contributed by atoms with Gasteiger partial charge < -0.3 is 15.6 Å². The van der Waals surface area contributed by atoms with Crippen LogP contribution in [0.4, 0.5) is 27.1 Å². The number of hydrogen-bond donors (Lipinski definition) is 3. The summed E-state index contributed by atoms with van der Waals surface area (Å²) < 4.78 is 13.8. The topological polar surface area (TPSA) is 78.5 Å². The summed E-state index contributed by atoms with van der Waals surface area (Å²) in [6.45, 7) is 0. The molecular formula is C27H19FN6. The van der Waals surface area contributed by atoms with Crippen LogP contribution in [0.25, 0.3) is 33.3 Å². The summed E-state index contributed by atoms with van der Waals surface area (Å²) in [4.78, 5) is 16.5. The lowest BCUT2D eigenvalue weighted by Gasteiger charge is -2.09. The van der Waals surface area contributed by atoms with Gasteiger partial charge in [-0.05, 0) is 66.7 Å². The minimum atomic E-state index is -0.294. The number of rotatable bonds is 5. The van der Waals surface area contributed by atoms with E-state index in [9.17, 15) is 4.39 Å². The number of H-pyrrole nitrogens is 1. The summed E-state index contributed by atoms with van der Waals surface area (Å²) in [5.41, 5.74) is 7.05. The van der Waals surface area contributed by atoms with E-state index in [4.69, 9.17) is 4.98 Å². The van der Waals surface area contributed by atoms with Gasteiger partial charge >= 0.3 is 0 Å². The monoisotopic (exact) mass is 446 g/mol. The number of nitrogens with zero attached hydrogens (tertiary/aromatic N) is 3. The lowest BCUT2D eigenvalue weighted by molar-refractivity contribution is 0.629. The van der Waals surface area contributed by atoms with E-state index in [1.165, 1.54) is 12.1 Å². The van der Waals surface area contributed by atoms with E-state index in [0.717, 1.165) is 56.1 Å². The van der Waals surface area contributed by atoms with Crippen molar-refractivity contribution in [2.45, 2.75) is 0 Å². The van der Waals surface area contributed by atoms with E-state index in [0.29, 0.717) is 0 Å². The lowest BCUT2D eigenvalue weighted by atomic mass is 10.1. The molecule has 0 saturated carbocycles. The molecule has 6 nitrogen and oxygen atoms in total. The standard InChI is InChI=1S/C27H19FN6/c28-18-4-6-23-22(15-18)24(10-13-30-23)32-21-5-7-25-26(16-21)34-27(33-25)17-2-1-3-20(14-17)31-19-8-11-29-12-9-19/h1-16H,(H,29,31)(H,30,32)(H,33,34). The number of pyridine rings is 2. The predicted molar refractivity (Wildman–Crippen MR) is 134 cm³/mol. The molecule has 3 aromatic heterocycles. The van der Waals surface area contributed by atoms with Gasteiger partial charge in [-0.15, -0.1) is 0 Å². The Hall–Kier alpha value is -4.78. The Morgan fingerprint density at radius 1 is 0.706 bits per heavy atom. The molecule has 0 unspecified atom stereocenters. The van der Waals surface area contributed by atoms with Crippen LogP contribution in [0.15, 0.2) is 97.5 Å². The summed E-state index contributed by atoms with van der Waals surface area (Å²) in [6.07, 6.45) is 5.22. The number of fused-ring (bicyclic) bond motifs is 2. The van der Waals surface area contributed by atoms with Crippen LogP contribution in [-0.2, 0) is 0 Å². The zero-order valence-electron chi connectivity index (χ0n) is 18.0. The molecule has 0 atom stereocenters. The maximum atomic E-state index is 13.8. The molecule has 0 aliphatic rings. The quantitative estimate of drug-likeness (QED) is 0.271. The Morgan fingerprint density at radius 2 is 1.56 bits per heavy atom. The van der Waals surface area contributed by atoms with E-state index < -0.39 is 0 Å². The summed E-state index contributed by atoms with van der Waals surface area (Å²) in [5, 5.41) is 7.49. The van der Waals surface area contributed by atoms with Crippen LogP contribution >= 0.6 is 0 Å². The van der Waals surface area contributed by atoms with Crippen LogP contribution in [0.5, 0.6) is 0 Å². The number of aromatic nitrogens is 4. The maximum Gasteiger partial charge on any atom is 0.138 e. The Morgan fingerprint density at radius 3 is 2.47 bits per heavy atom. The largest absolute Gasteiger partial charge is 0.355 e. The van der Waals surface area contributed by atoms with E-state index >= 15 is 0 Å². The average molecular weight is 446 g/mol. The minimum absolute atomic E-state index is 0.294. The number of benzene rings is 3. The van der Waals surface area contributed by atoms with Crippen molar-refractivity contribution in [3.8, 4) is 11.4 Å². The fraction of sp³-hybridized carbons (Fsp3) is 0. The van der Waals surface area contributed by atoms with E-state index in [1.807, 2.05) is 54.6 Å². The Bertz CT molecular complexity index is 1630. The number of anilines is 4. The van der Waals surface area contributed by atoms with Crippen LogP contribution in [0.2, 0.25) is 0 Å². The van der Waals surface area contributed by atoms with Crippen molar-refractivity contribution in [1.82, 2.24) is 19.9 Å². The van der Waals surface area contributed by atoms with Crippen LogP contribution in [0, 0.1) is 5.82 Å². The third-order valence-corrected chi connectivity index (χ3v) is 5.57. The average Bonchev–Trinajstić information content (AvgIpc) is 3.29. The molecule has 3 N–H and O–H groups in total. The lowest BCUT2D eigenvalue weighted by Crippen LogP contribution is -1.93. The first-order valence-electron chi connectivity index (χ1n) is 10.8. The van der Waals surface area contributed by atoms with E-state index in [-0.39, 0.29) is 5.82 Å². The molecular weight excluding hydrogens is 427 g/mol. The molecule has 164 valence electrons. The molecule has 0 aliphatic heterocycles. The second kappa shape index (κ2) is 8.29. The van der Waals surface area contributed by atoms with Gasteiger partial charge in [0.25, 0.3) is 0 Å². The van der Waals surface area contributed by atoms with Gasteiger partial charge in [0.05, 0.1) is 16.6 Å². The zero-order valence-corrected chi connectivity index (χ0v) is 18.0. The highest BCUT2D eigenvalue weighted by molar-refractivity contribution is 5.94. The van der Waals surface area contributed by atoms with Crippen LogP contribution in [0.1, 0.15) is 0 Å². The third-order valence-electron chi connectivity index (χ3n) is 5.57. The third kappa shape index (κ3) is 3.91. The molecule has 6 rings (SSSR count). The zero-order chi connectivity index (χ0) is 22.9. The fourth-order valence-electron chi connectivity index (χ4n) is 3.95. The molecule has 0 amide bonds. The van der Waals surface area contributed by atoms with Gasteiger partial charge in [0.1, 0.15) is 11.6 Å². The Labute approximate surface area is 194 Å². The Balaban J connectivity index is 1.30. The van der Waals surface area contributed by atoms with E-state index in [2.05, 4.69) is 31.7 Å². The first-order chi connectivity index (χ1) is 16.7. The van der Waals surface area contributed by atoms with Crippen LogP contribution in [-0.4, -0.2) is 19.9 Å². The molecule has 6 aromatic rings. The second-order valence-electron chi connectivity index (χ2n) is 7.90. The normalized spacial score (nSPS) is 11.1. The highest BCUT2D eigenvalue weighted by Gasteiger charge is 2.09. The summed E-state index contributed by atoms with van der Waals surface area (Å²) in [5.74, 6) is 0.486. The fourth-order valence-corrected chi connectivity index (χ4v) is 3.95. The van der Waals surface area contributed by atoms with Gasteiger partial charge in [-0.3, -0.25) is 9.97 Å². The minimum Gasteiger partial charge on any atom is -0.355 e. The molecule has 34 heavy (non-hydrogen) atoms. The summed E-state index contributed by atoms with van der Waals surface area (Å²) >= 11 is 0. The summed E-state index contributed by atoms with van der Waals surface area (Å²) in [7, 11) is 0. The van der Waals surface area contributed by atoms with Gasteiger partial charge in [0.15, 0.2) is 0 Å². The molecule has 0 radical (unpaired) electrons. The molecule has 0 saturated heterocycles. The number of aromatic amines is 1. The van der Waals surface area contributed by atoms with Crippen molar-refractivity contribution in [2.24, 2.45) is 0 Å². The molecule has 3 heterocycles. The van der Waals surface area contributed by atoms with Gasteiger partial charge in [0, 0.05) is 52.3 Å². The molecule has 0 fully saturated rings. The van der Waals surface area contributed by atoms with Crippen LogP contribution < -0.4 is 10.6 Å². The number of hydrogen-bond acceptors (Lipinski definition) is 5. The molecule has 7 heteroatoms. The number of nitrogens with one attached hydrogen (secondary N) is 3. The van der Waals surface area contributed by atoms with Gasteiger partial charge in [-0.2, -0.15) is 0 Å². The molecule has 0 bridgehead atoms. The highest BCUT2D eigenvalue weighted by Crippen LogP contribution is 2.29. The molecule has 0 aliphatic carbocycles. The first-order valence-corrected chi connectivity index (χ1v) is 10.8. The van der Waals surface area contributed by atoms with Crippen molar-refractivity contribution in [2.75, 3.05) is 10.6 Å². The number of imidazole rings is 1. The smallest absolute Gasteiger partial charge is 0.138 e. The van der Waals surface area contributed by atoms with Crippen molar-refractivity contribution in [3.63, 3.8) is 0 Å². The first kappa shape index (κ1) is 19.9. The van der Waals surface area contributed by atoms with E-state index in [1.54, 1.807) is 24.7 Å². The SMILES string of the molecule is Fc1ccc2nccc(Nc3ccc4nc(-c5cccc(Nc6ccncc6)c5)[nH]c4c3)c2c1. The maximum absolute atomic E-state index is 13.8. The Kier molecular flexibility index (Phi) is 4.85. The number of halogens is 1. The van der Waals surface area contributed by atoms with Gasteiger partial charge in [0.2, 0.25) is 0 Å². The molecule has 3 aromatic carbocycles. The highest BCUT2D eigenvalue weighted by atomic mass is 19.1. The predicted octanol–water partition coefficient (Wildman–Crippen LogP) is 6.80. The van der Waals surface area contributed by atoms with Crippen molar-refractivity contribution in [3.05, 3.63) is 103 Å². The molecule has 0 spiro atoms. The van der Waals surface area contributed by atoms with Crippen molar-refractivity contribution < 1.29 is 4.39 Å². The van der Waals surface area contributed by atoms with Crippen molar-refractivity contribution in [1.29, 1.82) is 0 Å². The van der Waals surface area contributed by atoms with Gasteiger partial charge in [-0.25, -0.2) is 9.37 Å². The van der Waals surface area contributed by atoms with Crippen molar-refractivity contribution >= 4 is 44.7 Å². The second-order valence-corrected chi connectivity index (χ2v) is 7.90.